The third-order valence-electron chi connectivity index (χ3n) is 10.9. The minimum absolute atomic E-state index is 0.600. The summed E-state index contributed by atoms with van der Waals surface area (Å²) in [5.41, 5.74) is 12.4. The summed E-state index contributed by atoms with van der Waals surface area (Å²) in [6, 6.07) is 61.3. The fourth-order valence-electron chi connectivity index (χ4n) is 8.51. The second kappa shape index (κ2) is 11.9. The van der Waals surface area contributed by atoms with Crippen molar-refractivity contribution in [2.75, 3.05) is 0 Å². The topological polar surface area (TPSA) is 60.8 Å². The molecule has 0 saturated heterocycles. The van der Waals surface area contributed by atoms with Crippen LogP contribution in [0.1, 0.15) is 22.3 Å². The van der Waals surface area contributed by atoms with Crippen molar-refractivity contribution in [3.8, 4) is 67.9 Å². The Hall–Kier alpha value is -7.24. The van der Waals surface area contributed by atoms with Gasteiger partial charge >= 0.3 is 0 Å². The van der Waals surface area contributed by atoms with Crippen LogP contribution in [0.25, 0.3) is 67.3 Å². The van der Waals surface area contributed by atoms with E-state index in [1.165, 1.54) is 11.1 Å². The molecule has 7 aromatic carbocycles. The van der Waals surface area contributed by atoms with Gasteiger partial charge in [0.15, 0.2) is 17.5 Å². The van der Waals surface area contributed by atoms with Crippen LogP contribution in [-0.4, -0.2) is 19.9 Å². The van der Waals surface area contributed by atoms with Crippen LogP contribution in [0.15, 0.2) is 182 Å². The van der Waals surface area contributed by atoms with Crippen molar-refractivity contribution in [1.82, 2.24) is 19.9 Å². The molecule has 0 N–H and O–H groups in total. The first kappa shape index (κ1) is 30.4. The highest BCUT2D eigenvalue weighted by Crippen LogP contribution is 2.62. The van der Waals surface area contributed by atoms with E-state index in [4.69, 9.17) is 19.7 Å². The largest absolute Gasteiger partial charge is 0.457 e. The number of benzene rings is 7. The Labute approximate surface area is 312 Å². The average Bonchev–Trinajstić information content (AvgIpc) is 3.53. The van der Waals surface area contributed by atoms with Crippen LogP contribution in [0.2, 0.25) is 0 Å². The maximum atomic E-state index is 6.61. The molecule has 1 spiro atoms. The zero-order valence-electron chi connectivity index (χ0n) is 29.0. The Balaban J connectivity index is 1.19. The molecule has 0 atom stereocenters. The summed E-state index contributed by atoms with van der Waals surface area (Å²) in [6.07, 6.45) is 1.85. The Morgan fingerprint density at radius 3 is 1.54 bits per heavy atom. The molecule has 0 unspecified atom stereocenters. The lowest BCUT2D eigenvalue weighted by Gasteiger charge is -2.39. The number of rotatable bonds is 4. The maximum absolute atomic E-state index is 6.61. The van der Waals surface area contributed by atoms with E-state index >= 15 is 0 Å². The summed E-state index contributed by atoms with van der Waals surface area (Å²) < 4.78 is 6.61. The summed E-state index contributed by atoms with van der Waals surface area (Å²) >= 11 is 0. The number of para-hydroxylation sites is 2. The van der Waals surface area contributed by atoms with Gasteiger partial charge in [0.2, 0.25) is 0 Å². The highest BCUT2D eigenvalue weighted by molar-refractivity contribution is 5.98. The maximum Gasteiger partial charge on any atom is 0.164 e. The van der Waals surface area contributed by atoms with Gasteiger partial charge in [0.05, 0.1) is 10.9 Å². The van der Waals surface area contributed by atoms with Gasteiger partial charge in [0, 0.05) is 39.4 Å². The Morgan fingerprint density at radius 1 is 0.370 bits per heavy atom. The van der Waals surface area contributed by atoms with Gasteiger partial charge in [-0.1, -0.05) is 140 Å². The van der Waals surface area contributed by atoms with Crippen LogP contribution in [0.3, 0.4) is 0 Å². The van der Waals surface area contributed by atoms with Gasteiger partial charge < -0.3 is 4.74 Å². The van der Waals surface area contributed by atoms with Gasteiger partial charge in [-0.15, -0.1) is 0 Å². The van der Waals surface area contributed by atoms with E-state index in [0.717, 1.165) is 72.5 Å². The van der Waals surface area contributed by atoms with Crippen molar-refractivity contribution in [2.24, 2.45) is 0 Å². The molecule has 54 heavy (non-hydrogen) atoms. The quantitative estimate of drug-likeness (QED) is 0.184. The van der Waals surface area contributed by atoms with Crippen molar-refractivity contribution in [3.63, 3.8) is 0 Å². The van der Waals surface area contributed by atoms with Gasteiger partial charge in [-0.05, 0) is 69.8 Å². The van der Waals surface area contributed by atoms with Gasteiger partial charge in [0.1, 0.15) is 11.5 Å². The normalized spacial score (nSPS) is 13.1. The molecule has 11 rings (SSSR count). The van der Waals surface area contributed by atoms with E-state index in [9.17, 15) is 0 Å². The third kappa shape index (κ3) is 4.52. The van der Waals surface area contributed by atoms with Crippen LogP contribution in [-0.2, 0) is 5.41 Å². The summed E-state index contributed by atoms with van der Waals surface area (Å²) in [5.74, 6) is 3.62. The van der Waals surface area contributed by atoms with Crippen molar-refractivity contribution < 1.29 is 4.74 Å². The standard InChI is InChI=1S/C49H30N4O/c1-3-13-31(14-4-1)46-51-47(32-15-5-2-6-16-32)53-48(52-46)34-25-27-40-38(30-34)37-29-33(35-17-11-21-43-36(35)18-12-28-50-43)24-26-39(37)49(40)41-19-7-9-22-44(41)54-45-23-10-8-20-42(45)49/h1-30H. The van der Waals surface area contributed by atoms with Crippen molar-refractivity contribution in [1.29, 1.82) is 0 Å². The molecule has 0 saturated carbocycles. The highest BCUT2D eigenvalue weighted by atomic mass is 16.5. The number of hydrogen-bond acceptors (Lipinski definition) is 5. The molecule has 0 amide bonds. The molecular formula is C49H30N4O. The Bertz CT molecular complexity index is 2810. The second-order valence-electron chi connectivity index (χ2n) is 13.8. The first-order valence-corrected chi connectivity index (χ1v) is 18.1. The fourth-order valence-corrected chi connectivity index (χ4v) is 8.51. The minimum Gasteiger partial charge on any atom is -0.457 e. The zero-order chi connectivity index (χ0) is 35.6. The van der Waals surface area contributed by atoms with Crippen molar-refractivity contribution in [3.05, 3.63) is 204 Å². The summed E-state index contributed by atoms with van der Waals surface area (Å²) in [6.45, 7) is 0. The smallest absolute Gasteiger partial charge is 0.164 e. The molecular weight excluding hydrogens is 661 g/mol. The minimum atomic E-state index is -0.600. The molecule has 252 valence electrons. The first-order valence-electron chi connectivity index (χ1n) is 18.1. The second-order valence-corrected chi connectivity index (χ2v) is 13.8. The van der Waals surface area contributed by atoms with Gasteiger partial charge in [-0.3, -0.25) is 4.98 Å². The number of aromatic nitrogens is 4. The monoisotopic (exact) mass is 690 g/mol. The predicted molar refractivity (Wildman–Crippen MR) is 214 cm³/mol. The highest BCUT2D eigenvalue weighted by Gasteiger charge is 2.51. The van der Waals surface area contributed by atoms with Crippen molar-refractivity contribution >= 4 is 10.9 Å². The number of nitrogens with zero attached hydrogens (tertiary/aromatic N) is 4. The Kier molecular flexibility index (Phi) is 6.70. The number of ether oxygens (including phenoxy) is 1. The average molecular weight is 691 g/mol. The number of fused-ring (bicyclic) bond motifs is 10. The number of hydrogen-bond donors (Lipinski definition) is 0. The van der Waals surface area contributed by atoms with Crippen molar-refractivity contribution in [2.45, 2.75) is 5.41 Å². The van der Waals surface area contributed by atoms with E-state index in [0.29, 0.717) is 17.5 Å². The van der Waals surface area contributed by atoms with E-state index in [-0.39, 0.29) is 0 Å². The van der Waals surface area contributed by atoms with E-state index in [2.05, 4.69) is 102 Å². The van der Waals surface area contributed by atoms with Crippen LogP contribution in [0.4, 0.5) is 0 Å². The Morgan fingerprint density at radius 2 is 0.907 bits per heavy atom. The lowest BCUT2D eigenvalue weighted by molar-refractivity contribution is 0.436. The molecule has 2 aliphatic rings. The number of pyridine rings is 1. The molecule has 3 heterocycles. The molecule has 0 radical (unpaired) electrons. The van der Waals surface area contributed by atoms with Crippen LogP contribution >= 0.6 is 0 Å². The summed E-state index contributed by atoms with van der Waals surface area (Å²) in [5, 5.41) is 1.12. The molecule has 9 aromatic rings. The van der Waals surface area contributed by atoms with E-state index in [1.807, 2.05) is 85.1 Å². The van der Waals surface area contributed by atoms with Crippen LogP contribution < -0.4 is 4.74 Å². The van der Waals surface area contributed by atoms with Gasteiger partial charge in [-0.2, -0.15) is 0 Å². The SMILES string of the molecule is c1ccc(-c2nc(-c3ccccc3)nc(-c3ccc4c(c3)-c3cc(-c5cccc6ncccc56)ccc3C43c4ccccc4Oc4ccccc43)n2)cc1. The molecule has 5 heteroatoms. The molecule has 0 bridgehead atoms. The van der Waals surface area contributed by atoms with Gasteiger partial charge in [0.25, 0.3) is 0 Å². The van der Waals surface area contributed by atoms with Gasteiger partial charge in [-0.25, -0.2) is 15.0 Å². The fraction of sp³-hybridized carbons (Fsp3) is 0.0204. The lowest BCUT2D eigenvalue weighted by atomic mass is 9.66. The predicted octanol–water partition coefficient (Wildman–Crippen LogP) is 11.6. The lowest BCUT2D eigenvalue weighted by Crippen LogP contribution is -2.32. The first-order chi connectivity index (χ1) is 26.8. The molecule has 1 aliphatic heterocycles. The summed E-state index contributed by atoms with van der Waals surface area (Å²) in [4.78, 5) is 19.8. The third-order valence-corrected chi connectivity index (χ3v) is 10.9. The molecule has 0 fully saturated rings. The molecule has 5 nitrogen and oxygen atoms in total. The molecule has 1 aliphatic carbocycles. The molecule has 2 aromatic heterocycles. The van der Waals surface area contributed by atoms with E-state index < -0.39 is 5.41 Å². The van der Waals surface area contributed by atoms with Crippen LogP contribution in [0, 0.1) is 0 Å². The van der Waals surface area contributed by atoms with Crippen LogP contribution in [0.5, 0.6) is 11.5 Å². The zero-order valence-corrected chi connectivity index (χ0v) is 29.0. The van der Waals surface area contributed by atoms with E-state index in [1.54, 1.807) is 0 Å². The summed E-state index contributed by atoms with van der Waals surface area (Å²) in [7, 11) is 0.